The molecule has 2 aromatic carbocycles. The van der Waals surface area contributed by atoms with E-state index in [4.69, 9.17) is 23.7 Å². The van der Waals surface area contributed by atoms with Crippen molar-refractivity contribution in [1.29, 1.82) is 0 Å². The van der Waals surface area contributed by atoms with Crippen molar-refractivity contribution in [2.45, 2.75) is 0 Å². The van der Waals surface area contributed by atoms with E-state index in [0.717, 1.165) is 0 Å². The number of benzene rings is 2. The summed E-state index contributed by atoms with van der Waals surface area (Å²) in [5.74, 6) is 2.21. The summed E-state index contributed by atoms with van der Waals surface area (Å²) in [5, 5.41) is 0. The Hall–Kier alpha value is -3.15. The zero-order valence-corrected chi connectivity index (χ0v) is 15.1. The molecule has 0 unspecified atom stereocenters. The van der Waals surface area contributed by atoms with E-state index in [0.29, 0.717) is 40.9 Å². The quantitative estimate of drug-likeness (QED) is 0.478. The van der Waals surface area contributed by atoms with E-state index >= 15 is 0 Å². The Bertz CT molecular complexity index is 744. The topological polar surface area (TPSA) is 63.2 Å². The van der Waals surface area contributed by atoms with Crippen LogP contribution in [0.1, 0.15) is 10.4 Å². The van der Waals surface area contributed by atoms with Crippen molar-refractivity contribution in [3.63, 3.8) is 0 Å². The van der Waals surface area contributed by atoms with E-state index in [1.807, 2.05) is 0 Å². The van der Waals surface area contributed by atoms with Gasteiger partial charge in [-0.3, -0.25) is 4.79 Å². The van der Waals surface area contributed by atoms with Crippen LogP contribution in [0.5, 0.6) is 28.7 Å². The first-order valence-corrected chi connectivity index (χ1v) is 7.92. The number of Topliss-reactive ketones (excluding diaryl/α,β-unsaturated/α-hetero) is 1. The molecule has 0 aliphatic heterocycles. The molecule has 0 radical (unpaired) electrons. The first-order chi connectivity index (χ1) is 12.6. The number of ether oxygens (including phenoxy) is 5. The van der Waals surface area contributed by atoms with Gasteiger partial charge in [0.25, 0.3) is 0 Å². The van der Waals surface area contributed by atoms with Crippen molar-refractivity contribution in [2.24, 2.45) is 0 Å². The van der Waals surface area contributed by atoms with Crippen molar-refractivity contribution in [1.82, 2.24) is 0 Å². The largest absolute Gasteiger partial charge is 0.493 e. The van der Waals surface area contributed by atoms with Crippen LogP contribution >= 0.6 is 0 Å². The Morgan fingerprint density at radius 3 is 2.12 bits per heavy atom. The molecule has 2 rings (SSSR count). The summed E-state index contributed by atoms with van der Waals surface area (Å²) in [6.45, 7) is 3.86. The zero-order chi connectivity index (χ0) is 18.9. The Labute approximate surface area is 152 Å². The molecule has 0 bridgehead atoms. The summed E-state index contributed by atoms with van der Waals surface area (Å²) in [6.07, 6.45) is 1.65. The number of methoxy groups -OCH3 is 3. The van der Waals surface area contributed by atoms with E-state index in [1.54, 1.807) is 42.5 Å². The molecule has 0 N–H and O–H groups in total. The number of ketones is 1. The Kier molecular flexibility index (Phi) is 6.91. The van der Waals surface area contributed by atoms with E-state index < -0.39 is 0 Å². The normalized spacial score (nSPS) is 9.96. The Morgan fingerprint density at radius 2 is 1.58 bits per heavy atom. The lowest BCUT2D eigenvalue weighted by Crippen LogP contribution is -2.12. The van der Waals surface area contributed by atoms with Crippen LogP contribution in [0.15, 0.2) is 49.1 Å². The molecule has 6 heteroatoms. The van der Waals surface area contributed by atoms with Gasteiger partial charge in [-0.25, -0.2) is 0 Å². The van der Waals surface area contributed by atoms with Crippen LogP contribution in [0, 0.1) is 0 Å². The molecule has 6 nitrogen and oxygen atoms in total. The molecule has 0 amide bonds. The van der Waals surface area contributed by atoms with Crippen molar-refractivity contribution in [3.8, 4) is 28.7 Å². The molecule has 0 saturated heterocycles. The lowest BCUT2D eigenvalue weighted by atomic mass is 10.1. The molecular formula is C20H22O6. The predicted molar refractivity (Wildman–Crippen MR) is 98.1 cm³/mol. The molecule has 0 heterocycles. The van der Waals surface area contributed by atoms with Gasteiger partial charge in [0.2, 0.25) is 5.75 Å². The Balaban J connectivity index is 2.11. The van der Waals surface area contributed by atoms with Crippen molar-refractivity contribution < 1.29 is 28.5 Å². The maximum atomic E-state index is 12.5. The molecule has 2 aromatic rings. The third-order valence-corrected chi connectivity index (χ3v) is 3.53. The smallest absolute Gasteiger partial charge is 0.203 e. The van der Waals surface area contributed by atoms with Gasteiger partial charge in [0, 0.05) is 11.6 Å². The van der Waals surface area contributed by atoms with Crippen molar-refractivity contribution >= 4 is 5.78 Å². The summed E-state index contributed by atoms with van der Waals surface area (Å²) in [6, 6.07) is 10.2. The van der Waals surface area contributed by atoms with Gasteiger partial charge in [-0.1, -0.05) is 18.7 Å². The van der Waals surface area contributed by atoms with Gasteiger partial charge in [-0.15, -0.1) is 0 Å². The van der Waals surface area contributed by atoms with Gasteiger partial charge in [0.1, 0.15) is 18.1 Å². The summed E-state index contributed by atoms with van der Waals surface area (Å²) in [7, 11) is 4.50. The standard InChI is InChI=1S/C20H22O6/c1-5-9-25-15-7-6-8-16(12-15)26-13-17(21)14-10-18(22-2)20(24-4)19(11-14)23-3/h5-8,10-12H,1,9,13H2,2-4H3. The highest BCUT2D eigenvalue weighted by Gasteiger charge is 2.17. The SMILES string of the molecule is C=CCOc1cccc(OCC(=O)c2cc(OC)c(OC)c(OC)c2)c1. The number of hydrogen-bond acceptors (Lipinski definition) is 6. The summed E-state index contributed by atoms with van der Waals surface area (Å²) >= 11 is 0. The highest BCUT2D eigenvalue weighted by atomic mass is 16.5. The van der Waals surface area contributed by atoms with Crippen LogP contribution in [-0.2, 0) is 0 Å². The molecule has 0 spiro atoms. The van der Waals surface area contributed by atoms with Crippen LogP contribution in [0.2, 0.25) is 0 Å². The van der Waals surface area contributed by atoms with Gasteiger partial charge in [-0.05, 0) is 24.3 Å². The fourth-order valence-electron chi connectivity index (χ4n) is 2.28. The maximum Gasteiger partial charge on any atom is 0.203 e. The van der Waals surface area contributed by atoms with Gasteiger partial charge in [0.05, 0.1) is 21.3 Å². The van der Waals surface area contributed by atoms with Crippen molar-refractivity contribution in [3.05, 3.63) is 54.6 Å². The fraction of sp³-hybridized carbons (Fsp3) is 0.250. The van der Waals surface area contributed by atoms with E-state index in [9.17, 15) is 4.79 Å². The number of rotatable bonds is 10. The van der Waals surface area contributed by atoms with E-state index in [-0.39, 0.29) is 12.4 Å². The summed E-state index contributed by atoms with van der Waals surface area (Å²) in [5.41, 5.74) is 0.401. The summed E-state index contributed by atoms with van der Waals surface area (Å²) < 4.78 is 26.8. The second-order valence-corrected chi connectivity index (χ2v) is 5.20. The van der Waals surface area contributed by atoms with Gasteiger partial charge < -0.3 is 23.7 Å². The van der Waals surface area contributed by atoms with Crippen LogP contribution in [0.4, 0.5) is 0 Å². The van der Waals surface area contributed by atoms with E-state index in [2.05, 4.69) is 6.58 Å². The molecule has 26 heavy (non-hydrogen) atoms. The van der Waals surface area contributed by atoms with Crippen LogP contribution in [-0.4, -0.2) is 40.3 Å². The lowest BCUT2D eigenvalue weighted by molar-refractivity contribution is 0.0920. The monoisotopic (exact) mass is 358 g/mol. The highest BCUT2D eigenvalue weighted by Crippen LogP contribution is 2.38. The lowest BCUT2D eigenvalue weighted by Gasteiger charge is -2.14. The van der Waals surface area contributed by atoms with Crippen LogP contribution in [0.3, 0.4) is 0 Å². The van der Waals surface area contributed by atoms with Gasteiger partial charge in [0.15, 0.2) is 23.9 Å². The zero-order valence-electron chi connectivity index (χ0n) is 15.1. The number of carbonyl (C=O) groups excluding carboxylic acids is 1. The molecule has 0 fully saturated rings. The third-order valence-electron chi connectivity index (χ3n) is 3.53. The first kappa shape index (κ1) is 19.2. The van der Waals surface area contributed by atoms with Crippen molar-refractivity contribution in [2.75, 3.05) is 34.5 Å². The van der Waals surface area contributed by atoms with E-state index in [1.165, 1.54) is 21.3 Å². The molecule has 0 saturated carbocycles. The predicted octanol–water partition coefficient (Wildman–Crippen LogP) is 3.54. The van der Waals surface area contributed by atoms with Gasteiger partial charge in [-0.2, -0.15) is 0 Å². The highest BCUT2D eigenvalue weighted by molar-refractivity contribution is 5.98. The average Bonchev–Trinajstić information content (AvgIpc) is 2.69. The minimum atomic E-state index is -0.221. The van der Waals surface area contributed by atoms with Crippen LogP contribution in [0.25, 0.3) is 0 Å². The second-order valence-electron chi connectivity index (χ2n) is 5.20. The maximum absolute atomic E-state index is 12.5. The molecule has 0 aromatic heterocycles. The molecule has 138 valence electrons. The minimum absolute atomic E-state index is 0.135. The summed E-state index contributed by atoms with van der Waals surface area (Å²) in [4.78, 5) is 12.5. The van der Waals surface area contributed by atoms with Crippen LogP contribution < -0.4 is 23.7 Å². The number of hydrogen-bond donors (Lipinski definition) is 0. The number of carbonyl (C=O) groups is 1. The third kappa shape index (κ3) is 4.69. The fourth-order valence-corrected chi connectivity index (χ4v) is 2.28. The second kappa shape index (κ2) is 9.36. The molecule has 0 aliphatic rings. The average molecular weight is 358 g/mol. The first-order valence-electron chi connectivity index (χ1n) is 7.92. The minimum Gasteiger partial charge on any atom is -0.493 e. The van der Waals surface area contributed by atoms with Gasteiger partial charge >= 0.3 is 0 Å². The molecular weight excluding hydrogens is 336 g/mol. The Morgan fingerprint density at radius 1 is 0.962 bits per heavy atom. The molecule has 0 aliphatic carbocycles. The molecule has 0 atom stereocenters.